The minimum absolute atomic E-state index is 0.176. The maximum absolute atomic E-state index is 12.9. The molecule has 0 saturated heterocycles. The number of rotatable bonds is 8. The van der Waals surface area contributed by atoms with E-state index in [4.69, 9.17) is 18.6 Å². The molecule has 0 aliphatic rings. The van der Waals surface area contributed by atoms with Crippen LogP contribution in [0.25, 0.3) is 0 Å². The number of benzene rings is 2. The summed E-state index contributed by atoms with van der Waals surface area (Å²) >= 11 is 0. The van der Waals surface area contributed by atoms with Gasteiger partial charge in [0.2, 0.25) is 5.75 Å². The summed E-state index contributed by atoms with van der Waals surface area (Å²) in [4.78, 5) is 14.5. The molecule has 0 aliphatic heterocycles. The van der Waals surface area contributed by atoms with Crippen molar-refractivity contribution in [3.05, 3.63) is 77.2 Å². The van der Waals surface area contributed by atoms with E-state index < -0.39 is 0 Å². The molecule has 3 rings (SSSR count). The Balaban J connectivity index is 1.81. The molecule has 1 amide bonds. The highest BCUT2D eigenvalue weighted by atomic mass is 16.5. The van der Waals surface area contributed by atoms with E-state index in [-0.39, 0.29) is 5.91 Å². The fourth-order valence-corrected chi connectivity index (χ4v) is 2.97. The molecule has 3 aromatic rings. The van der Waals surface area contributed by atoms with Gasteiger partial charge in [-0.3, -0.25) is 4.79 Å². The first-order valence-electron chi connectivity index (χ1n) is 9.25. The summed E-state index contributed by atoms with van der Waals surface area (Å²) in [6, 6.07) is 16.9. The third kappa shape index (κ3) is 4.90. The largest absolute Gasteiger partial charge is 0.493 e. The maximum atomic E-state index is 12.9. The lowest BCUT2D eigenvalue weighted by Crippen LogP contribution is -2.26. The van der Waals surface area contributed by atoms with Crippen molar-refractivity contribution in [2.45, 2.75) is 20.1 Å². The molecule has 0 saturated carbocycles. The highest BCUT2D eigenvalue weighted by molar-refractivity contribution is 5.95. The van der Waals surface area contributed by atoms with E-state index in [0.29, 0.717) is 36.0 Å². The first-order chi connectivity index (χ1) is 14.0. The Morgan fingerprint density at radius 3 is 2.21 bits per heavy atom. The predicted molar refractivity (Wildman–Crippen MR) is 110 cm³/mol. The van der Waals surface area contributed by atoms with Crippen LogP contribution < -0.4 is 14.2 Å². The molecule has 0 bridgehead atoms. The minimum Gasteiger partial charge on any atom is -0.493 e. The van der Waals surface area contributed by atoms with Gasteiger partial charge in [-0.05, 0) is 36.8 Å². The van der Waals surface area contributed by atoms with Crippen molar-refractivity contribution in [3.63, 3.8) is 0 Å². The van der Waals surface area contributed by atoms with Gasteiger partial charge in [0.25, 0.3) is 5.91 Å². The van der Waals surface area contributed by atoms with Gasteiger partial charge in [-0.15, -0.1) is 0 Å². The first kappa shape index (κ1) is 20.3. The molecule has 29 heavy (non-hydrogen) atoms. The van der Waals surface area contributed by atoms with Gasteiger partial charge in [0.15, 0.2) is 11.5 Å². The van der Waals surface area contributed by atoms with Crippen LogP contribution in [0.1, 0.15) is 27.4 Å². The summed E-state index contributed by atoms with van der Waals surface area (Å²) in [5.41, 5.74) is 1.46. The number of carbonyl (C=O) groups excluding carboxylic acids is 1. The molecule has 1 heterocycles. The van der Waals surface area contributed by atoms with Crippen LogP contribution in [0.4, 0.5) is 0 Å². The molecule has 152 valence electrons. The van der Waals surface area contributed by atoms with Crippen LogP contribution in [0.2, 0.25) is 0 Å². The molecule has 6 nitrogen and oxygen atoms in total. The van der Waals surface area contributed by atoms with E-state index in [1.807, 2.05) is 49.4 Å². The number of ether oxygens (including phenoxy) is 3. The van der Waals surface area contributed by atoms with Gasteiger partial charge in [-0.25, -0.2) is 0 Å². The highest BCUT2D eigenvalue weighted by Gasteiger charge is 2.20. The number of methoxy groups -OCH3 is 2. The van der Waals surface area contributed by atoms with E-state index in [0.717, 1.165) is 17.1 Å². The molecular formula is C23H25NO5. The number of amides is 1. The number of hydrogen-bond donors (Lipinski definition) is 0. The Labute approximate surface area is 170 Å². The van der Waals surface area contributed by atoms with Gasteiger partial charge >= 0.3 is 0 Å². The van der Waals surface area contributed by atoms with Crippen molar-refractivity contribution in [1.29, 1.82) is 0 Å². The van der Waals surface area contributed by atoms with E-state index >= 15 is 0 Å². The average molecular weight is 395 g/mol. The van der Waals surface area contributed by atoms with E-state index in [2.05, 4.69) is 0 Å². The lowest BCUT2D eigenvalue weighted by atomic mass is 10.1. The zero-order valence-corrected chi connectivity index (χ0v) is 17.1. The van der Waals surface area contributed by atoms with Crippen LogP contribution in [-0.2, 0) is 13.2 Å². The van der Waals surface area contributed by atoms with Gasteiger partial charge in [-0.1, -0.05) is 30.3 Å². The van der Waals surface area contributed by atoms with Crippen molar-refractivity contribution >= 4 is 5.91 Å². The first-order valence-corrected chi connectivity index (χ1v) is 9.25. The lowest BCUT2D eigenvalue weighted by molar-refractivity contribution is 0.0774. The molecule has 0 unspecified atom stereocenters. The zero-order valence-electron chi connectivity index (χ0n) is 17.1. The van der Waals surface area contributed by atoms with Crippen molar-refractivity contribution in [2.24, 2.45) is 0 Å². The fraction of sp³-hybridized carbons (Fsp3) is 0.261. The van der Waals surface area contributed by atoms with Gasteiger partial charge in [0.1, 0.15) is 18.1 Å². The molecule has 0 spiro atoms. The van der Waals surface area contributed by atoms with Crippen molar-refractivity contribution in [2.75, 3.05) is 21.3 Å². The molecular weight excluding hydrogens is 370 g/mol. The Bertz CT molecular complexity index is 939. The molecule has 0 fully saturated rings. The molecule has 6 heteroatoms. The number of furan rings is 1. The van der Waals surface area contributed by atoms with Gasteiger partial charge in [-0.2, -0.15) is 0 Å². The second kappa shape index (κ2) is 9.19. The topological polar surface area (TPSA) is 61.1 Å². The van der Waals surface area contributed by atoms with Gasteiger partial charge in [0, 0.05) is 12.6 Å². The number of aryl methyl sites for hydroxylation is 1. The van der Waals surface area contributed by atoms with Crippen LogP contribution >= 0.6 is 0 Å². The molecule has 0 radical (unpaired) electrons. The average Bonchev–Trinajstić information content (AvgIpc) is 3.16. The van der Waals surface area contributed by atoms with Gasteiger partial charge < -0.3 is 23.5 Å². The number of nitrogens with zero attached hydrogens (tertiary/aromatic N) is 1. The van der Waals surface area contributed by atoms with Crippen molar-refractivity contribution < 1.29 is 23.4 Å². The summed E-state index contributed by atoms with van der Waals surface area (Å²) in [5.74, 6) is 2.69. The maximum Gasteiger partial charge on any atom is 0.254 e. The second-order valence-corrected chi connectivity index (χ2v) is 6.66. The third-order valence-electron chi connectivity index (χ3n) is 4.47. The highest BCUT2D eigenvalue weighted by Crippen LogP contribution is 2.39. The van der Waals surface area contributed by atoms with Crippen LogP contribution in [0.5, 0.6) is 17.2 Å². The summed E-state index contributed by atoms with van der Waals surface area (Å²) in [6.45, 7) is 2.59. The van der Waals surface area contributed by atoms with Crippen LogP contribution in [0.15, 0.2) is 59.0 Å². The summed E-state index contributed by atoms with van der Waals surface area (Å²) in [5, 5.41) is 0. The predicted octanol–water partition coefficient (Wildman–Crippen LogP) is 4.46. The quantitative estimate of drug-likeness (QED) is 0.564. The molecule has 0 N–H and O–H groups in total. The van der Waals surface area contributed by atoms with Crippen molar-refractivity contribution in [1.82, 2.24) is 4.90 Å². The SMILES string of the molecule is COc1cc(C(=O)N(C)Cc2ccc(C)o2)cc(OC)c1OCc1ccccc1. The normalized spacial score (nSPS) is 10.5. The molecule has 1 aromatic heterocycles. The Morgan fingerprint density at radius 1 is 1.00 bits per heavy atom. The standard InChI is InChI=1S/C23H25NO5/c1-16-10-11-19(29-16)14-24(2)23(25)18-12-20(26-3)22(21(13-18)27-4)28-15-17-8-6-5-7-9-17/h5-13H,14-15H2,1-4H3. The smallest absolute Gasteiger partial charge is 0.254 e. The zero-order chi connectivity index (χ0) is 20.8. The Morgan fingerprint density at radius 2 is 1.66 bits per heavy atom. The molecule has 0 atom stereocenters. The number of hydrogen-bond acceptors (Lipinski definition) is 5. The second-order valence-electron chi connectivity index (χ2n) is 6.66. The van der Waals surface area contributed by atoms with Crippen LogP contribution in [0.3, 0.4) is 0 Å². The summed E-state index contributed by atoms with van der Waals surface area (Å²) in [7, 11) is 4.79. The fourth-order valence-electron chi connectivity index (χ4n) is 2.97. The lowest BCUT2D eigenvalue weighted by Gasteiger charge is -2.19. The molecule has 2 aromatic carbocycles. The Hall–Kier alpha value is -3.41. The van der Waals surface area contributed by atoms with E-state index in [9.17, 15) is 4.79 Å². The monoisotopic (exact) mass is 395 g/mol. The van der Waals surface area contributed by atoms with E-state index in [1.165, 1.54) is 14.2 Å². The third-order valence-corrected chi connectivity index (χ3v) is 4.47. The Kier molecular flexibility index (Phi) is 6.44. The summed E-state index contributed by atoms with van der Waals surface area (Å²) in [6.07, 6.45) is 0. The minimum atomic E-state index is -0.176. The summed E-state index contributed by atoms with van der Waals surface area (Å²) < 4.78 is 22.4. The van der Waals surface area contributed by atoms with Crippen LogP contribution in [-0.4, -0.2) is 32.1 Å². The van der Waals surface area contributed by atoms with Crippen molar-refractivity contribution in [3.8, 4) is 17.2 Å². The number of carbonyl (C=O) groups is 1. The van der Waals surface area contributed by atoms with E-state index in [1.54, 1.807) is 24.1 Å². The van der Waals surface area contributed by atoms with Crippen LogP contribution in [0, 0.1) is 6.92 Å². The molecule has 0 aliphatic carbocycles. The van der Waals surface area contributed by atoms with Gasteiger partial charge in [0.05, 0.1) is 20.8 Å².